The minimum absolute atomic E-state index is 0.232. The van der Waals surface area contributed by atoms with Gasteiger partial charge in [-0.1, -0.05) is 42.5 Å². The van der Waals surface area contributed by atoms with E-state index in [0.29, 0.717) is 56.1 Å². The van der Waals surface area contributed by atoms with Crippen LogP contribution in [0.1, 0.15) is 39.6 Å². The first-order valence-electron chi connectivity index (χ1n) is 14.2. The highest BCUT2D eigenvalue weighted by Gasteiger charge is 2.51. The van der Waals surface area contributed by atoms with Gasteiger partial charge >= 0.3 is 0 Å². The maximum atomic E-state index is 14.0. The molecule has 216 valence electrons. The lowest BCUT2D eigenvalue weighted by atomic mass is 9.85. The highest BCUT2D eigenvalue weighted by molar-refractivity contribution is 7.20. The normalized spacial score (nSPS) is 23.2. The van der Waals surface area contributed by atoms with Gasteiger partial charge in [0.1, 0.15) is 11.6 Å². The Balaban J connectivity index is 1.15. The number of hydrogen-bond acceptors (Lipinski definition) is 9. The number of nitrogens with zero attached hydrogens (tertiary/aromatic N) is 4. The Bertz CT molecular complexity index is 1630. The maximum Gasteiger partial charge on any atom is 0.258 e. The summed E-state index contributed by atoms with van der Waals surface area (Å²) in [7, 11) is 0. The van der Waals surface area contributed by atoms with Crippen LogP contribution in [0.25, 0.3) is 10.2 Å². The van der Waals surface area contributed by atoms with Crippen molar-refractivity contribution in [1.82, 2.24) is 30.3 Å². The van der Waals surface area contributed by atoms with E-state index in [1.54, 1.807) is 5.01 Å². The van der Waals surface area contributed by atoms with Crippen LogP contribution in [-0.2, 0) is 28.9 Å². The monoisotopic (exact) mass is 584 g/mol. The van der Waals surface area contributed by atoms with E-state index < -0.39 is 17.6 Å². The van der Waals surface area contributed by atoms with Crippen LogP contribution in [0, 0.1) is 5.92 Å². The summed E-state index contributed by atoms with van der Waals surface area (Å²) in [6.07, 6.45) is 2.36. The highest BCUT2D eigenvalue weighted by Crippen LogP contribution is 2.33. The van der Waals surface area contributed by atoms with E-state index in [-0.39, 0.29) is 23.5 Å². The summed E-state index contributed by atoms with van der Waals surface area (Å²) < 4.78 is 0.903. The molecule has 6 N–H and O–H groups in total. The average molecular weight is 585 g/mol. The van der Waals surface area contributed by atoms with E-state index >= 15 is 0 Å². The van der Waals surface area contributed by atoms with Crippen LogP contribution >= 0.6 is 11.3 Å². The van der Waals surface area contributed by atoms with E-state index in [9.17, 15) is 14.4 Å². The van der Waals surface area contributed by atoms with Crippen LogP contribution in [0.15, 0.2) is 54.6 Å². The van der Waals surface area contributed by atoms with Crippen LogP contribution in [0.4, 0.5) is 5.95 Å². The number of ketones is 1. The van der Waals surface area contributed by atoms with Gasteiger partial charge in [-0.15, -0.1) is 11.3 Å². The van der Waals surface area contributed by atoms with Crippen LogP contribution in [-0.4, -0.2) is 73.3 Å². The molecule has 0 bridgehead atoms. The molecule has 4 heterocycles. The molecule has 3 aliphatic rings. The van der Waals surface area contributed by atoms with Crippen molar-refractivity contribution < 1.29 is 14.4 Å². The van der Waals surface area contributed by atoms with Crippen molar-refractivity contribution in [3.05, 3.63) is 76.6 Å². The Morgan fingerprint density at radius 2 is 1.88 bits per heavy atom. The number of nitrogens with two attached hydrogens (primary N) is 2. The molecule has 4 atom stereocenters. The average Bonchev–Trinajstić information content (AvgIpc) is 3.76. The number of hydrogen-bond donors (Lipinski definition) is 4. The number of nitrogen functional groups attached to an aromatic ring is 1. The van der Waals surface area contributed by atoms with E-state index in [4.69, 9.17) is 11.5 Å². The second kappa shape index (κ2) is 10.3. The summed E-state index contributed by atoms with van der Waals surface area (Å²) in [6, 6.07) is 15.7. The van der Waals surface area contributed by atoms with Crippen molar-refractivity contribution in [2.75, 3.05) is 18.8 Å². The Kier molecular flexibility index (Phi) is 6.56. The molecule has 2 saturated heterocycles. The number of fused-ring (bicyclic) bond motifs is 3. The van der Waals surface area contributed by atoms with Gasteiger partial charge in [0.25, 0.3) is 5.91 Å². The number of hydrazine groups is 1. The molecule has 2 fully saturated rings. The number of aromatic amines is 1. The van der Waals surface area contributed by atoms with Crippen LogP contribution in [0.3, 0.4) is 0 Å². The molecule has 1 unspecified atom stereocenters. The minimum Gasteiger partial charge on any atom is -0.369 e. The third kappa shape index (κ3) is 4.65. The van der Waals surface area contributed by atoms with Gasteiger partial charge in [-0.25, -0.2) is 15.0 Å². The highest BCUT2D eigenvalue weighted by atomic mass is 32.1. The van der Waals surface area contributed by atoms with Crippen molar-refractivity contribution in [2.45, 2.75) is 49.7 Å². The molecular formula is C30H32N8O3S. The summed E-state index contributed by atoms with van der Waals surface area (Å²) in [5, 5.41) is 6.86. The predicted octanol–water partition coefficient (Wildman–Crippen LogP) is 1.85. The molecule has 4 aromatic rings. The number of nitrogens with one attached hydrogen (secondary N) is 2. The lowest BCUT2D eigenvalue weighted by Gasteiger charge is -2.44. The number of carbonyl (C=O) groups is 3. The van der Waals surface area contributed by atoms with Crippen LogP contribution in [0.2, 0.25) is 0 Å². The fourth-order valence-corrected chi connectivity index (χ4v) is 7.54. The number of carbonyl (C=O) groups excluding carboxylic acids is 3. The van der Waals surface area contributed by atoms with E-state index in [0.717, 1.165) is 27.2 Å². The Hall–Kier alpha value is -4.13. The molecule has 2 aromatic carbocycles. The molecular weight excluding hydrogens is 552 g/mol. The van der Waals surface area contributed by atoms with Gasteiger partial charge in [-0.05, 0) is 55.7 Å². The van der Waals surface area contributed by atoms with Gasteiger partial charge < -0.3 is 21.8 Å². The van der Waals surface area contributed by atoms with Crippen molar-refractivity contribution >= 4 is 45.1 Å². The Labute approximate surface area is 246 Å². The SMILES string of the molecule is Nc1nc2c([nH]1)CC([C@H](NC(=O)[C@@H]1CCN3CC[C@@](N)(Cc4ccccc4)C(=O)N13)C(=O)c1nc3ccccc3s1)C2. The van der Waals surface area contributed by atoms with Crippen molar-refractivity contribution in [3.63, 3.8) is 0 Å². The van der Waals surface area contributed by atoms with Gasteiger partial charge in [0.05, 0.1) is 22.0 Å². The standard InChI is InChI=1S/C30H32N8O3S/c31-29-34-20-14-18(15-21(20)35-29)24(25(39)27-33-19-8-4-5-9-23(19)42-27)36-26(40)22-10-12-37-13-11-30(32,28(41)38(22)37)16-17-6-2-1-3-7-17/h1-9,18,22,24H,10-16,32H2,(H,36,40)(H3,31,34,35)/t22-,24-,30+/m0/s1. The first-order chi connectivity index (χ1) is 20.3. The lowest BCUT2D eigenvalue weighted by molar-refractivity contribution is -0.165. The number of Topliss-reactive ketones (excluding diaryl/α,β-unsaturated/α-hetero) is 1. The Morgan fingerprint density at radius 1 is 1.10 bits per heavy atom. The van der Waals surface area contributed by atoms with E-state index in [2.05, 4.69) is 20.3 Å². The molecule has 12 heteroatoms. The molecule has 2 aliphatic heterocycles. The second-order valence-electron chi connectivity index (χ2n) is 11.5. The first-order valence-corrected chi connectivity index (χ1v) is 15.1. The number of amides is 2. The van der Waals surface area contributed by atoms with Gasteiger partial charge in [0, 0.05) is 18.8 Å². The number of imidazole rings is 1. The molecule has 0 spiro atoms. The summed E-state index contributed by atoms with van der Waals surface area (Å²) in [5.41, 5.74) is 14.9. The molecule has 0 radical (unpaired) electrons. The van der Waals surface area contributed by atoms with Gasteiger partial charge in [-0.3, -0.25) is 19.4 Å². The number of benzene rings is 2. The molecule has 11 nitrogen and oxygen atoms in total. The second-order valence-corrected chi connectivity index (χ2v) is 12.6. The van der Waals surface area contributed by atoms with Gasteiger partial charge in [-0.2, -0.15) is 0 Å². The fourth-order valence-electron chi connectivity index (χ4n) is 6.60. The topological polar surface area (TPSA) is 163 Å². The number of thiazole rings is 1. The summed E-state index contributed by atoms with van der Waals surface area (Å²) in [6.45, 7) is 1.15. The van der Waals surface area contributed by atoms with Crippen molar-refractivity contribution in [1.29, 1.82) is 0 Å². The van der Waals surface area contributed by atoms with Gasteiger partial charge in [0.15, 0.2) is 11.0 Å². The minimum atomic E-state index is -1.11. The molecule has 0 saturated carbocycles. The van der Waals surface area contributed by atoms with Crippen molar-refractivity contribution in [2.24, 2.45) is 11.7 Å². The summed E-state index contributed by atoms with van der Waals surface area (Å²) >= 11 is 1.31. The van der Waals surface area contributed by atoms with Crippen LogP contribution < -0.4 is 16.8 Å². The number of anilines is 1. The quantitative estimate of drug-likeness (QED) is 0.239. The van der Waals surface area contributed by atoms with Crippen molar-refractivity contribution in [3.8, 4) is 0 Å². The smallest absolute Gasteiger partial charge is 0.258 e. The first kappa shape index (κ1) is 26.7. The number of H-pyrrole nitrogens is 1. The number of aromatic nitrogens is 3. The summed E-state index contributed by atoms with van der Waals surface area (Å²) in [4.78, 5) is 53.9. The molecule has 42 heavy (non-hydrogen) atoms. The molecule has 7 rings (SSSR count). The summed E-state index contributed by atoms with van der Waals surface area (Å²) in [5.74, 6) is -0.766. The molecule has 2 amide bonds. The zero-order valence-corrected chi connectivity index (χ0v) is 23.8. The van der Waals surface area contributed by atoms with E-state index in [1.807, 2.05) is 59.6 Å². The Morgan fingerprint density at radius 3 is 2.67 bits per heavy atom. The zero-order valence-electron chi connectivity index (χ0n) is 23.0. The van der Waals surface area contributed by atoms with Crippen LogP contribution in [0.5, 0.6) is 0 Å². The third-order valence-corrected chi connectivity index (χ3v) is 9.79. The number of para-hydroxylation sites is 1. The lowest BCUT2D eigenvalue weighted by Crippen LogP contribution is -2.67. The fraction of sp³-hybridized carbons (Fsp3) is 0.367. The zero-order chi connectivity index (χ0) is 29.0. The largest absolute Gasteiger partial charge is 0.369 e. The number of rotatable bonds is 7. The third-order valence-electron chi connectivity index (χ3n) is 8.74. The molecule has 1 aliphatic carbocycles. The molecule has 2 aromatic heterocycles. The van der Waals surface area contributed by atoms with Gasteiger partial charge in [0.2, 0.25) is 11.7 Å². The van der Waals surface area contributed by atoms with E-state index in [1.165, 1.54) is 11.3 Å². The maximum absolute atomic E-state index is 14.0. The predicted molar refractivity (Wildman–Crippen MR) is 158 cm³/mol.